The smallest absolute Gasteiger partial charge is 0.135 e. The Hall–Kier alpha value is -2.81. The van der Waals surface area contributed by atoms with Gasteiger partial charge in [0, 0.05) is 23.0 Å². The molecule has 0 atom stereocenters. The number of hydrogen-bond donors (Lipinski definition) is 1. The molecule has 0 radical (unpaired) electrons. The van der Waals surface area contributed by atoms with Crippen LogP contribution in [0.1, 0.15) is 31.9 Å². The second kappa shape index (κ2) is 6.17. The summed E-state index contributed by atoms with van der Waals surface area (Å²) in [7, 11) is 0. The summed E-state index contributed by atoms with van der Waals surface area (Å²) in [4.78, 5) is 0. The molecule has 0 aliphatic rings. The van der Waals surface area contributed by atoms with Gasteiger partial charge in [0.15, 0.2) is 0 Å². The Balaban J connectivity index is 1.57. The lowest BCUT2D eigenvalue weighted by atomic mass is 9.87. The molecule has 4 rings (SSSR count). The van der Waals surface area contributed by atoms with E-state index < -0.39 is 0 Å². The van der Waals surface area contributed by atoms with Crippen LogP contribution in [-0.4, -0.2) is 0 Å². The maximum absolute atomic E-state index is 13.6. The minimum Gasteiger partial charge on any atom is -0.456 e. The number of hydrogen-bond acceptors (Lipinski definition) is 2. The van der Waals surface area contributed by atoms with Crippen molar-refractivity contribution in [1.82, 2.24) is 0 Å². The van der Waals surface area contributed by atoms with Gasteiger partial charge in [-0.2, -0.15) is 0 Å². The molecule has 26 heavy (non-hydrogen) atoms. The third-order valence-electron chi connectivity index (χ3n) is 4.75. The van der Waals surface area contributed by atoms with Crippen molar-refractivity contribution >= 4 is 27.6 Å². The van der Waals surface area contributed by atoms with Crippen LogP contribution < -0.4 is 5.32 Å². The predicted molar refractivity (Wildman–Crippen MR) is 106 cm³/mol. The summed E-state index contributed by atoms with van der Waals surface area (Å²) in [6.07, 6.45) is 0. The predicted octanol–water partition coefficient (Wildman–Crippen LogP) is 6.63. The highest BCUT2D eigenvalue weighted by Crippen LogP contribution is 2.31. The van der Waals surface area contributed by atoms with Gasteiger partial charge in [0.1, 0.15) is 17.0 Å². The number of halogens is 1. The van der Waals surface area contributed by atoms with Gasteiger partial charge in [-0.3, -0.25) is 0 Å². The molecule has 0 unspecified atom stereocenters. The highest BCUT2D eigenvalue weighted by molar-refractivity contribution is 6.05. The van der Waals surface area contributed by atoms with Crippen molar-refractivity contribution in [3.05, 3.63) is 77.6 Å². The lowest BCUT2D eigenvalue weighted by Gasteiger charge is -2.19. The van der Waals surface area contributed by atoms with Crippen molar-refractivity contribution in [2.45, 2.75) is 32.7 Å². The zero-order chi connectivity index (χ0) is 18.3. The second-order valence-corrected chi connectivity index (χ2v) is 7.75. The zero-order valence-electron chi connectivity index (χ0n) is 15.3. The van der Waals surface area contributed by atoms with E-state index in [1.54, 1.807) is 6.07 Å². The van der Waals surface area contributed by atoms with Gasteiger partial charge in [-0.1, -0.05) is 45.0 Å². The Bertz CT molecular complexity index is 1070. The van der Waals surface area contributed by atoms with E-state index in [2.05, 4.69) is 50.4 Å². The highest BCUT2D eigenvalue weighted by Gasteiger charge is 2.13. The molecule has 0 aliphatic heterocycles. The summed E-state index contributed by atoms with van der Waals surface area (Å²) in [5.41, 5.74) is 5.18. The standard InChI is InChI=1S/C23H22FNO/c1-23(2,3)16-6-4-15(5-7-16)14-25-18-9-11-22-20(13-18)19-12-17(24)8-10-21(19)26-22/h4-13,25H,14H2,1-3H3. The van der Waals surface area contributed by atoms with Crippen LogP contribution in [0.15, 0.2) is 65.1 Å². The molecular formula is C23H22FNO. The lowest BCUT2D eigenvalue weighted by molar-refractivity contribution is 0.590. The first-order chi connectivity index (χ1) is 12.4. The van der Waals surface area contributed by atoms with E-state index >= 15 is 0 Å². The Morgan fingerprint density at radius 3 is 2.19 bits per heavy atom. The fourth-order valence-electron chi connectivity index (χ4n) is 3.19. The van der Waals surface area contributed by atoms with Gasteiger partial charge >= 0.3 is 0 Å². The number of nitrogens with one attached hydrogen (secondary N) is 1. The number of anilines is 1. The third-order valence-corrected chi connectivity index (χ3v) is 4.75. The van der Waals surface area contributed by atoms with Gasteiger partial charge < -0.3 is 9.73 Å². The molecule has 0 amide bonds. The second-order valence-electron chi connectivity index (χ2n) is 7.75. The van der Waals surface area contributed by atoms with E-state index in [0.29, 0.717) is 5.58 Å². The highest BCUT2D eigenvalue weighted by atomic mass is 19.1. The van der Waals surface area contributed by atoms with Gasteiger partial charge in [0.2, 0.25) is 0 Å². The van der Waals surface area contributed by atoms with Crippen LogP contribution in [0.4, 0.5) is 10.1 Å². The summed E-state index contributed by atoms with van der Waals surface area (Å²) >= 11 is 0. The number of rotatable bonds is 3. The SMILES string of the molecule is CC(C)(C)c1ccc(CNc2ccc3oc4ccc(F)cc4c3c2)cc1. The quantitative estimate of drug-likeness (QED) is 0.450. The number of benzene rings is 3. The maximum atomic E-state index is 13.6. The molecule has 1 aromatic heterocycles. The average molecular weight is 347 g/mol. The first-order valence-corrected chi connectivity index (χ1v) is 8.85. The molecule has 0 aliphatic carbocycles. The van der Waals surface area contributed by atoms with Crippen molar-refractivity contribution in [3.63, 3.8) is 0 Å². The van der Waals surface area contributed by atoms with E-state index in [-0.39, 0.29) is 11.2 Å². The summed E-state index contributed by atoms with van der Waals surface area (Å²) in [5, 5.41) is 5.17. The summed E-state index contributed by atoms with van der Waals surface area (Å²) in [5.74, 6) is -0.252. The van der Waals surface area contributed by atoms with Crippen molar-refractivity contribution in [2.24, 2.45) is 0 Å². The number of fused-ring (bicyclic) bond motifs is 3. The zero-order valence-corrected chi connectivity index (χ0v) is 15.3. The van der Waals surface area contributed by atoms with E-state index in [1.807, 2.05) is 18.2 Å². The van der Waals surface area contributed by atoms with E-state index in [0.717, 1.165) is 28.6 Å². The Morgan fingerprint density at radius 1 is 0.846 bits per heavy atom. The first-order valence-electron chi connectivity index (χ1n) is 8.85. The Labute approximate surface area is 152 Å². The molecule has 0 spiro atoms. The van der Waals surface area contributed by atoms with E-state index in [9.17, 15) is 4.39 Å². The topological polar surface area (TPSA) is 25.2 Å². The first kappa shape index (κ1) is 16.6. The molecule has 0 bridgehead atoms. The molecule has 1 N–H and O–H groups in total. The van der Waals surface area contributed by atoms with Gasteiger partial charge in [-0.25, -0.2) is 4.39 Å². The van der Waals surface area contributed by atoms with Crippen LogP contribution in [0.3, 0.4) is 0 Å². The summed E-state index contributed by atoms with van der Waals surface area (Å²) < 4.78 is 19.3. The molecular weight excluding hydrogens is 325 g/mol. The normalized spacial score (nSPS) is 12.0. The van der Waals surface area contributed by atoms with Crippen molar-refractivity contribution in [3.8, 4) is 0 Å². The third kappa shape index (κ3) is 3.17. The molecule has 0 saturated carbocycles. The summed E-state index contributed by atoms with van der Waals surface area (Å²) in [6.45, 7) is 7.38. The molecule has 4 aromatic rings. The molecule has 0 fully saturated rings. The van der Waals surface area contributed by atoms with E-state index in [4.69, 9.17) is 4.42 Å². The van der Waals surface area contributed by atoms with Gasteiger partial charge in [0.25, 0.3) is 0 Å². The minimum atomic E-state index is -0.252. The van der Waals surface area contributed by atoms with Crippen LogP contribution in [0.2, 0.25) is 0 Å². The van der Waals surface area contributed by atoms with Gasteiger partial charge in [-0.15, -0.1) is 0 Å². The van der Waals surface area contributed by atoms with Crippen LogP contribution in [0, 0.1) is 5.82 Å². The Morgan fingerprint density at radius 2 is 1.50 bits per heavy atom. The van der Waals surface area contributed by atoms with E-state index in [1.165, 1.54) is 23.3 Å². The fourth-order valence-corrected chi connectivity index (χ4v) is 3.19. The lowest BCUT2D eigenvalue weighted by Crippen LogP contribution is -2.11. The van der Waals surface area contributed by atoms with Gasteiger partial charge in [0.05, 0.1) is 0 Å². The molecule has 132 valence electrons. The molecule has 3 heteroatoms. The van der Waals surface area contributed by atoms with Crippen LogP contribution in [0.25, 0.3) is 21.9 Å². The largest absolute Gasteiger partial charge is 0.456 e. The molecule has 0 saturated heterocycles. The molecule has 1 heterocycles. The fraction of sp³-hybridized carbons (Fsp3) is 0.217. The van der Waals surface area contributed by atoms with Crippen molar-refractivity contribution in [2.75, 3.05) is 5.32 Å². The van der Waals surface area contributed by atoms with Crippen LogP contribution >= 0.6 is 0 Å². The maximum Gasteiger partial charge on any atom is 0.135 e. The monoisotopic (exact) mass is 347 g/mol. The van der Waals surface area contributed by atoms with Crippen LogP contribution in [0.5, 0.6) is 0 Å². The average Bonchev–Trinajstić information content (AvgIpc) is 2.97. The van der Waals surface area contributed by atoms with Gasteiger partial charge in [-0.05, 0) is 52.9 Å². The summed E-state index contributed by atoms with van der Waals surface area (Å²) in [6, 6.07) is 19.3. The molecule has 3 aromatic carbocycles. The minimum absolute atomic E-state index is 0.161. The van der Waals surface area contributed by atoms with Crippen molar-refractivity contribution < 1.29 is 8.81 Å². The molecule has 2 nitrogen and oxygen atoms in total. The number of furan rings is 1. The Kier molecular flexibility index (Phi) is 3.95. The van der Waals surface area contributed by atoms with Crippen LogP contribution in [-0.2, 0) is 12.0 Å². The van der Waals surface area contributed by atoms with Crippen molar-refractivity contribution in [1.29, 1.82) is 0 Å².